The number of aromatic nitrogens is 5. The third kappa shape index (κ3) is 4.36. The highest BCUT2D eigenvalue weighted by Crippen LogP contribution is 2.57. The zero-order valence-corrected chi connectivity index (χ0v) is 19.8. The summed E-state index contributed by atoms with van der Waals surface area (Å²) in [6.07, 6.45) is -3.18. The van der Waals surface area contributed by atoms with Gasteiger partial charge in [-0.3, -0.25) is 5.10 Å². The van der Waals surface area contributed by atoms with Crippen LogP contribution < -0.4 is 10.6 Å². The second-order valence-electron chi connectivity index (χ2n) is 10.2. The Morgan fingerprint density at radius 2 is 2.05 bits per heavy atom. The molecule has 1 amide bonds. The van der Waals surface area contributed by atoms with Gasteiger partial charge in [0.2, 0.25) is 0 Å². The molecular formula is C23H25F4N7O3. The number of carbonyl (C=O) groups excluding carboxylic acids is 1. The van der Waals surface area contributed by atoms with Crippen LogP contribution in [0.1, 0.15) is 55.1 Å². The molecule has 0 aromatic carbocycles. The predicted molar refractivity (Wildman–Crippen MR) is 121 cm³/mol. The average molecular weight is 523 g/mol. The lowest BCUT2D eigenvalue weighted by atomic mass is 9.50. The number of nitrogens with zero attached hydrogens (tertiary/aromatic N) is 4. The van der Waals surface area contributed by atoms with Gasteiger partial charge in [0.1, 0.15) is 17.8 Å². The van der Waals surface area contributed by atoms with Gasteiger partial charge in [-0.15, -0.1) is 0 Å². The van der Waals surface area contributed by atoms with Crippen molar-refractivity contribution in [1.82, 2.24) is 30.1 Å². The van der Waals surface area contributed by atoms with Crippen LogP contribution in [0, 0.1) is 5.92 Å². The standard InChI is InChI=1S/C23H25F4N7O3/c1-36-10-12-4-15-20(28-17(23(25,26)27)9-34(15)33-12)29-18-5-14(31-32-18)13-2-3-16(19(13)24)37-21(35)30-22-6-11(7-22)8-22/h4-5,9,11,13,16,19H,2-3,6-8,10H2,1H3,(H,30,35)(H2,28,29,31,32)/t11?,13-,16-,19+,22?/m1/s1. The summed E-state index contributed by atoms with van der Waals surface area (Å²) in [7, 11) is 1.45. The number of nitrogens with one attached hydrogen (secondary N) is 3. The van der Waals surface area contributed by atoms with Crippen LogP contribution in [0.15, 0.2) is 18.3 Å². The van der Waals surface area contributed by atoms with Gasteiger partial charge in [0.25, 0.3) is 0 Å². The van der Waals surface area contributed by atoms with Crippen LogP contribution in [0.25, 0.3) is 5.52 Å². The lowest BCUT2D eigenvalue weighted by molar-refractivity contribution is -0.141. The molecule has 37 heavy (non-hydrogen) atoms. The Bertz CT molecular complexity index is 1320. The maximum absolute atomic E-state index is 15.2. The van der Waals surface area contributed by atoms with Crippen molar-refractivity contribution in [2.45, 2.75) is 68.6 Å². The lowest BCUT2D eigenvalue weighted by Gasteiger charge is -2.61. The second-order valence-corrected chi connectivity index (χ2v) is 10.2. The molecule has 0 unspecified atom stereocenters. The summed E-state index contributed by atoms with van der Waals surface area (Å²) in [4.78, 5) is 16.0. The van der Waals surface area contributed by atoms with E-state index in [0.717, 1.165) is 30.0 Å². The number of halogens is 4. The first-order chi connectivity index (χ1) is 17.6. The van der Waals surface area contributed by atoms with E-state index < -0.39 is 36.2 Å². The Hall–Kier alpha value is -3.42. The van der Waals surface area contributed by atoms with Crippen LogP contribution in [0.3, 0.4) is 0 Å². The number of alkyl carbamates (subject to hydrolysis) is 1. The van der Waals surface area contributed by atoms with Crippen LogP contribution in [0.2, 0.25) is 0 Å². The highest BCUT2D eigenvalue weighted by Gasteiger charge is 2.58. The lowest BCUT2D eigenvalue weighted by Crippen LogP contribution is -2.68. The first kappa shape index (κ1) is 23.9. The van der Waals surface area contributed by atoms with Crippen molar-refractivity contribution in [2.75, 3.05) is 12.4 Å². The highest BCUT2D eigenvalue weighted by atomic mass is 19.4. The van der Waals surface area contributed by atoms with Crippen molar-refractivity contribution in [3.63, 3.8) is 0 Å². The number of fused-ring (bicyclic) bond motifs is 1. The molecule has 4 fully saturated rings. The number of anilines is 2. The number of methoxy groups -OCH3 is 1. The fourth-order valence-electron chi connectivity index (χ4n) is 5.59. The Morgan fingerprint density at radius 1 is 1.27 bits per heavy atom. The summed E-state index contributed by atoms with van der Waals surface area (Å²) in [5.74, 6) is 0.138. The van der Waals surface area contributed by atoms with E-state index >= 15 is 4.39 Å². The van der Waals surface area contributed by atoms with E-state index in [4.69, 9.17) is 9.47 Å². The maximum Gasteiger partial charge on any atom is 0.434 e. The van der Waals surface area contributed by atoms with E-state index in [9.17, 15) is 18.0 Å². The summed E-state index contributed by atoms with van der Waals surface area (Å²) in [6, 6.07) is 3.08. The van der Waals surface area contributed by atoms with Crippen molar-refractivity contribution in [3.05, 3.63) is 35.4 Å². The second kappa shape index (κ2) is 8.57. The van der Waals surface area contributed by atoms with Crippen molar-refractivity contribution >= 4 is 23.2 Å². The van der Waals surface area contributed by atoms with Gasteiger partial charge in [-0.25, -0.2) is 18.7 Å². The van der Waals surface area contributed by atoms with Crippen LogP contribution in [-0.4, -0.2) is 55.8 Å². The molecule has 3 atom stereocenters. The zero-order valence-electron chi connectivity index (χ0n) is 19.8. The van der Waals surface area contributed by atoms with Gasteiger partial charge in [-0.1, -0.05) is 0 Å². The van der Waals surface area contributed by atoms with Gasteiger partial charge in [-0.05, 0) is 44.1 Å². The SMILES string of the molecule is COCc1cc2c(Nc3cc([C@H]4CC[C@@H](OC(=O)NC56CC(C5)C6)[C@H]4F)[nH]n3)nc(C(F)(F)F)cn2n1. The molecule has 3 N–H and O–H groups in total. The Balaban J connectivity index is 1.16. The van der Waals surface area contributed by atoms with E-state index in [2.05, 4.69) is 30.9 Å². The number of carbonyl (C=O) groups is 1. The quantitative estimate of drug-likeness (QED) is 0.397. The molecule has 3 aromatic rings. The van der Waals surface area contributed by atoms with Crippen LogP contribution >= 0.6 is 0 Å². The number of hydrogen-bond donors (Lipinski definition) is 3. The fraction of sp³-hybridized carbons (Fsp3) is 0.565. The Labute approximate surface area is 208 Å². The fourth-order valence-corrected chi connectivity index (χ4v) is 5.59. The van der Waals surface area contributed by atoms with Crippen molar-refractivity contribution in [1.29, 1.82) is 0 Å². The molecule has 0 radical (unpaired) electrons. The van der Waals surface area contributed by atoms with Gasteiger partial charge >= 0.3 is 12.3 Å². The maximum atomic E-state index is 15.2. The van der Waals surface area contributed by atoms with E-state index in [0.29, 0.717) is 30.1 Å². The number of amides is 1. The largest absolute Gasteiger partial charge is 0.443 e. The minimum Gasteiger partial charge on any atom is -0.443 e. The molecule has 3 heterocycles. The molecule has 0 aliphatic heterocycles. The Kier molecular flexibility index (Phi) is 5.55. The van der Waals surface area contributed by atoms with Gasteiger partial charge in [0.15, 0.2) is 17.3 Å². The third-order valence-corrected chi connectivity index (χ3v) is 7.50. The summed E-state index contributed by atoms with van der Waals surface area (Å²) < 4.78 is 67.0. The molecule has 0 spiro atoms. The molecular weight excluding hydrogens is 498 g/mol. The minimum absolute atomic E-state index is 0.108. The van der Waals surface area contributed by atoms with E-state index in [-0.39, 0.29) is 29.3 Å². The molecule has 7 rings (SSSR count). The number of H-pyrrole nitrogens is 1. The van der Waals surface area contributed by atoms with Gasteiger partial charge in [0, 0.05) is 30.3 Å². The Morgan fingerprint density at radius 3 is 2.73 bits per heavy atom. The van der Waals surface area contributed by atoms with Crippen LogP contribution in [0.4, 0.5) is 34.0 Å². The molecule has 3 aromatic heterocycles. The number of hydrogen-bond acceptors (Lipinski definition) is 7. The molecule has 0 saturated heterocycles. The van der Waals surface area contributed by atoms with Gasteiger partial charge in [-0.2, -0.15) is 23.4 Å². The molecule has 4 aliphatic rings. The van der Waals surface area contributed by atoms with Crippen molar-refractivity contribution < 1.29 is 31.8 Å². The number of alkyl halides is 4. The molecule has 14 heteroatoms. The van der Waals surface area contributed by atoms with Gasteiger partial charge in [0.05, 0.1) is 18.5 Å². The summed E-state index contributed by atoms with van der Waals surface area (Å²) in [5, 5.41) is 16.6. The summed E-state index contributed by atoms with van der Waals surface area (Å²) in [6.45, 7) is 0.108. The molecule has 2 bridgehead atoms. The monoisotopic (exact) mass is 523 g/mol. The van der Waals surface area contributed by atoms with Gasteiger partial charge < -0.3 is 20.1 Å². The number of rotatable bonds is 7. The third-order valence-electron chi connectivity index (χ3n) is 7.50. The molecule has 10 nitrogen and oxygen atoms in total. The molecule has 4 saturated carbocycles. The topological polar surface area (TPSA) is 118 Å². The zero-order chi connectivity index (χ0) is 25.9. The predicted octanol–water partition coefficient (Wildman–Crippen LogP) is 4.22. The average Bonchev–Trinajstić information content (AvgIpc) is 3.49. The van der Waals surface area contributed by atoms with Crippen molar-refractivity contribution in [2.24, 2.45) is 5.92 Å². The summed E-state index contributed by atoms with van der Waals surface area (Å²) >= 11 is 0. The summed E-state index contributed by atoms with van der Waals surface area (Å²) in [5.41, 5.74) is -0.139. The molecule has 4 aliphatic carbocycles. The van der Waals surface area contributed by atoms with E-state index in [1.165, 1.54) is 13.2 Å². The smallest absolute Gasteiger partial charge is 0.434 e. The molecule has 198 valence electrons. The first-order valence-corrected chi connectivity index (χ1v) is 12.0. The van der Waals surface area contributed by atoms with E-state index in [1.54, 1.807) is 6.07 Å². The minimum atomic E-state index is -4.69. The van der Waals surface area contributed by atoms with Crippen LogP contribution in [-0.2, 0) is 22.3 Å². The normalized spacial score (nSPS) is 28.6. The highest BCUT2D eigenvalue weighted by molar-refractivity contribution is 5.73. The van der Waals surface area contributed by atoms with E-state index in [1.807, 2.05) is 0 Å². The number of aromatic amines is 1. The number of ether oxygens (including phenoxy) is 2. The van der Waals surface area contributed by atoms with Crippen molar-refractivity contribution in [3.8, 4) is 0 Å². The first-order valence-electron chi connectivity index (χ1n) is 12.0. The van der Waals surface area contributed by atoms with Crippen LogP contribution in [0.5, 0.6) is 0 Å².